The molecule has 1 saturated heterocycles. The zero-order valence-corrected chi connectivity index (χ0v) is 34.2. The number of hydrogen-bond acceptors (Lipinski definition) is 5. The number of methoxy groups -OCH3 is 1. The Balaban J connectivity index is 1.02. The first-order valence-corrected chi connectivity index (χ1v) is 22.0. The van der Waals surface area contributed by atoms with E-state index in [2.05, 4.69) is 113 Å². The van der Waals surface area contributed by atoms with E-state index in [0.29, 0.717) is 25.4 Å². The summed E-state index contributed by atoms with van der Waals surface area (Å²) in [6, 6.07) is 36.8. The van der Waals surface area contributed by atoms with Crippen molar-refractivity contribution in [2.24, 2.45) is 5.92 Å². The first kappa shape index (κ1) is 39.4. The number of Topliss-reactive ketones (excluding diaryl/α,β-unsaturated/α-hetero) is 1. The molecule has 2 fully saturated rings. The van der Waals surface area contributed by atoms with Gasteiger partial charge in [0.1, 0.15) is 11.9 Å². The molecule has 8 rings (SSSR count). The van der Waals surface area contributed by atoms with E-state index in [-0.39, 0.29) is 41.2 Å². The maximum atomic E-state index is 15.0. The Morgan fingerprint density at radius 1 is 0.807 bits per heavy atom. The fraction of sp³-hybridized carbons (Fsp3) is 0.490. The summed E-state index contributed by atoms with van der Waals surface area (Å²) in [5.74, 6) is 2.57. The number of likely N-dealkylation sites (tertiary alicyclic amines) is 1. The molecule has 2 heterocycles. The third-order valence-electron chi connectivity index (χ3n) is 14.0. The number of ether oxygens (including phenoxy) is 2. The Labute approximate surface area is 341 Å². The number of nitrogens with zero attached hydrogens (tertiary/aromatic N) is 2. The monoisotopic (exact) mass is 766 g/mol. The Kier molecular flexibility index (Phi) is 12.5. The highest BCUT2D eigenvalue weighted by Gasteiger charge is 2.66. The molecule has 2 aliphatic heterocycles. The van der Waals surface area contributed by atoms with Crippen LogP contribution in [0.4, 0.5) is 0 Å². The zero-order chi connectivity index (χ0) is 39.2. The van der Waals surface area contributed by atoms with Crippen LogP contribution < -0.4 is 9.47 Å². The number of benzene rings is 4. The number of unbranched alkanes of at least 4 members (excludes halogenated alkanes) is 7. The standard InChI is InChI=1S/C51H62N2O4/c1-37(54)35-52-33-32-51-43-29-30-44(50(51)57-49-46(56-2)31-28-41(48(49)51)34-45(43)52)53(36-42(39-23-15-10-16-24-39)40-25-17-11-18-26-40)47(55)27-19-8-6-4-3-5-7-12-20-38-21-13-9-14-22-38/h9-11,13-18,21-26,28,31,42-45,50H,3-8,12,19-20,27,29-30,32-36H2,1-2H3/t43-,44-,45+,50-,51-/m0/s1. The number of piperidine rings is 1. The third kappa shape index (κ3) is 8.17. The van der Waals surface area contributed by atoms with Gasteiger partial charge in [-0.1, -0.05) is 136 Å². The molecule has 4 aliphatic rings. The van der Waals surface area contributed by atoms with Crippen molar-refractivity contribution in [3.63, 3.8) is 0 Å². The van der Waals surface area contributed by atoms with Crippen LogP contribution in [0.15, 0.2) is 103 Å². The van der Waals surface area contributed by atoms with Crippen LogP contribution in [0.3, 0.4) is 0 Å². The number of amides is 1. The van der Waals surface area contributed by atoms with Gasteiger partial charge in [-0.15, -0.1) is 0 Å². The number of aryl methyl sites for hydroxylation is 1. The minimum Gasteiger partial charge on any atom is -0.493 e. The van der Waals surface area contributed by atoms with Crippen LogP contribution >= 0.6 is 0 Å². The van der Waals surface area contributed by atoms with Crippen molar-refractivity contribution in [1.29, 1.82) is 0 Å². The predicted molar refractivity (Wildman–Crippen MR) is 228 cm³/mol. The van der Waals surface area contributed by atoms with E-state index in [1.54, 1.807) is 14.0 Å². The van der Waals surface area contributed by atoms with Crippen LogP contribution in [0, 0.1) is 5.92 Å². The number of carbonyl (C=O) groups excluding carboxylic acids is 2. The van der Waals surface area contributed by atoms with E-state index < -0.39 is 0 Å². The second kappa shape index (κ2) is 18.0. The van der Waals surface area contributed by atoms with Gasteiger partial charge in [0.15, 0.2) is 11.5 Å². The Hall–Kier alpha value is -4.42. The number of rotatable bonds is 19. The molecule has 0 N–H and O–H groups in total. The van der Waals surface area contributed by atoms with Gasteiger partial charge in [-0.2, -0.15) is 0 Å². The number of ketones is 1. The summed E-state index contributed by atoms with van der Waals surface area (Å²) in [6.45, 7) is 3.69. The number of carbonyl (C=O) groups is 2. The first-order chi connectivity index (χ1) is 28.0. The summed E-state index contributed by atoms with van der Waals surface area (Å²) in [5, 5.41) is 0. The molecular weight excluding hydrogens is 705 g/mol. The van der Waals surface area contributed by atoms with Crippen molar-refractivity contribution >= 4 is 11.7 Å². The molecule has 6 nitrogen and oxygen atoms in total. The maximum absolute atomic E-state index is 15.0. The summed E-state index contributed by atoms with van der Waals surface area (Å²) in [6.07, 6.45) is 14.8. The molecule has 4 aromatic carbocycles. The molecule has 1 spiro atoms. The predicted octanol–water partition coefficient (Wildman–Crippen LogP) is 10.1. The largest absolute Gasteiger partial charge is 0.493 e. The molecule has 300 valence electrons. The average Bonchev–Trinajstić information content (AvgIpc) is 3.59. The molecule has 1 amide bonds. The van der Waals surface area contributed by atoms with Crippen LogP contribution in [0.2, 0.25) is 0 Å². The second-order valence-electron chi connectivity index (χ2n) is 17.4. The third-order valence-corrected chi connectivity index (χ3v) is 14.0. The van der Waals surface area contributed by atoms with Gasteiger partial charge in [0, 0.05) is 35.9 Å². The molecule has 2 aliphatic carbocycles. The highest BCUT2D eigenvalue weighted by Crippen LogP contribution is 2.64. The van der Waals surface area contributed by atoms with Gasteiger partial charge in [-0.3, -0.25) is 14.5 Å². The van der Waals surface area contributed by atoms with Gasteiger partial charge in [0.05, 0.1) is 19.7 Å². The van der Waals surface area contributed by atoms with Gasteiger partial charge >= 0.3 is 0 Å². The van der Waals surface area contributed by atoms with Gasteiger partial charge in [-0.05, 0) is 92.7 Å². The van der Waals surface area contributed by atoms with Crippen molar-refractivity contribution in [3.05, 3.63) is 131 Å². The molecule has 6 heteroatoms. The fourth-order valence-electron chi connectivity index (χ4n) is 11.4. The summed E-state index contributed by atoms with van der Waals surface area (Å²) < 4.78 is 13.3. The molecular formula is C51H62N2O4. The molecule has 0 radical (unpaired) electrons. The Morgan fingerprint density at radius 2 is 1.44 bits per heavy atom. The molecule has 0 aromatic heterocycles. The minimum absolute atomic E-state index is 0.0406. The zero-order valence-electron chi connectivity index (χ0n) is 34.2. The number of hydrogen-bond donors (Lipinski definition) is 0. The lowest BCUT2D eigenvalue weighted by molar-refractivity contribution is -0.144. The quantitative estimate of drug-likeness (QED) is 0.0890. The fourth-order valence-corrected chi connectivity index (χ4v) is 11.4. The van der Waals surface area contributed by atoms with E-state index in [9.17, 15) is 9.59 Å². The van der Waals surface area contributed by atoms with Crippen molar-refractivity contribution in [3.8, 4) is 11.5 Å². The van der Waals surface area contributed by atoms with Crippen molar-refractivity contribution in [2.75, 3.05) is 26.7 Å². The van der Waals surface area contributed by atoms with E-state index in [0.717, 1.165) is 56.6 Å². The van der Waals surface area contributed by atoms with Crippen molar-refractivity contribution in [1.82, 2.24) is 9.80 Å². The van der Waals surface area contributed by atoms with Gasteiger partial charge in [-0.25, -0.2) is 0 Å². The molecule has 0 unspecified atom stereocenters. The molecule has 5 atom stereocenters. The second-order valence-corrected chi connectivity index (χ2v) is 17.4. The van der Waals surface area contributed by atoms with Gasteiger partial charge in [0.2, 0.25) is 5.91 Å². The van der Waals surface area contributed by atoms with Crippen LogP contribution in [0.5, 0.6) is 11.5 Å². The summed E-state index contributed by atoms with van der Waals surface area (Å²) in [4.78, 5) is 32.2. The van der Waals surface area contributed by atoms with Crippen LogP contribution in [0.25, 0.3) is 0 Å². The topological polar surface area (TPSA) is 59.1 Å². The molecule has 4 aromatic rings. The normalized spacial score (nSPS) is 23.1. The van der Waals surface area contributed by atoms with E-state index >= 15 is 0 Å². The minimum atomic E-state index is -0.215. The summed E-state index contributed by atoms with van der Waals surface area (Å²) >= 11 is 0. The molecule has 57 heavy (non-hydrogen) atoms. The van der Waals surface area contributed by atoms with Crippen LogP contribution in [0.1, 0.15) is 118 Å². The lowest BCUT2D eigenvalue weighted by Gasteiger charge is -2.60. The van der Waals surface area contributed by atoms with Gasteiger partial charge in [0.25, 0.3) is 0 Å². The van der Waals surface area contributed by atoms with Crippen molar-refractivity contribution < 1.29 is 19.1 Å². The van der Waals surface area contributed by atoms with E-state index in [4.69, 9.17) is 9.47 Å². The van der Waals surface area contributed by atoms with Crippen molar-refractivity contribution in [2.45, 2.75) is 126 Å². The smallest absolute Gasteiger partial charge is 0.222 e. The SMILES string of the molecule is COc1ccc2c3c1O[C@H]1[C@@H](N(CC(c4ccccc4)c4ccccc4)C(=O)CCCCCCCCCCc4ccccc4)CC[C@H]4[C@@H](C2)N(CC(C)=O)CC[C@@]341. The maximum Gasteiger partial charge on any atom is 0.222 e. The van der Waals surface area contributed by atoms with E-state index in [1.165, 1.54) is 72.8 Å². The van der Waals surface area contributed by atoms with Crippen LogP contribution in [-0.4, -0.2) is 66.4 Å². The highest BCUT2D eigenvalue weighted by atomic mass is 16.5. The lowest BCUT2D eigenvalue weighted by Crippen LogP contribution is -2.69. The molecule has 2 bridgehead atoms. The van der Waals surface area contributed by atoms with E-state index in [1.807, 2.05) is 0 Å². The Morgan fingerprint density at radius 3 is 2.09 bits per heavy atom. The molecule has 1 saturated carbocycles. The Bertz CT molecular complexity index is 1910. The average molecular weight is 767 g/mol. The summed E-state index contributed by atoms with van der Waals surface area (Å²) in [5.41, 5.74) is 6.33. The van der Waals surface area contributed by atoms with Gasteiger partial charge < -0.3 is 14.4 Å². The van der Waals surface area contributed by atoms with Crippen LogP contribution in [-0.2, 0) is 27.8 Å². The highest BCUT2D eigenvalue weighted by molar-refractivity contribution is 5.78. The summed E-state index contributed by atoms with van der Waals surface area (Å²) in [7, 11) is 1.74. The first-order valence-electron chi connectivity index (χ1n) is 22.0. The lowest BCUT2D eigenvalue weighted by atomic mass is 9.51.